The van der Waals surface area contributed by atoms with E-state index in [1.165, 1.54) is 43.4 Å². The molecule has 1 aromatic rings. The van der Waals surface area contributed by atoms with Crippen molar-refractivity contribution in [3.8, 4) is 0 Å². The molecule has 0 atom stereocenters. The molecule has 0 unspecified atom stereocenters. The van der Waals surface area contributed by atoms with Crippen LogP contribution >= 0.6 is 0 Å². The molecule has 1 N–H and O–H groups in total. The van der Waals surface area contributed by atoms with Crippen molar-refractivity contribution >= 4 is 5.69 Å². The van der Waals surface area contributed by atoms with Crippen LogP contribution in [0.3, 0.4) is 0 Å². The number of aliphatic hydroxyl groups is 1. The van der Waals surface area contributed by atoms with Gasteiger partial charge in [-0.1, -0.05) is 31.4 Å². The van der Waals surface area contributed by atoms with Crippen molar-refractivity contribution < 1.29 is 5.11 Å². The number of anilines is 1. The molecule has 0 radical (unpaired) electrons. The van der Waals surface area contributed by atoms with Crippen LogP contribution in [0.5, 0.6) is 0 Å². The molecule has 2 nitrogen and oxygen atoms in total. The Kier molecular flexibility index (Phi) is 5.71. The first-order valence-corrected chi connectivity index (χ1v) is 7.73. The summed E-state index contributed by atoms with van der Waals surface area (Å²) in [5.41, 5.74) is 2.81. The molecule has 1 aromatic carbocycles. The summed E-state index contributed by atoms with van der Waals surface area (Å²) in [6.07, 6.45) is 8.89. The number of nitrogens with zero attached hydrogens (tertiary/aromatic N) is 1. The second-order valence-electron chi connectivity index (χ2n) is 5.78. The maximum absolute atomic E-state index is 8.81. The number of benzene rings is 1. The Balaban J connectivity index is 1.89. The molecule has 0 saturated heterocycles. The maximum atomic E-state index is 8.81. The van der Waals surface area contributed by atoms with Gasteiger partial charge in [0.05, 0.1) is 0 Å². The molecule has 0 heterocycles. The van der Waals surface area contributed by atoms with Crippen LogP contribution < -0.4 is 4.90 Å². The second-order valence-corrected chi connectivity index (χ2v) is 5.78. The smallest absolute Gasteiger partial charge is 0.0431 e. The molecule has 0 aliphatic heterocycles. The van der Waals surface area contributed by atoms with Crippen molar-refractivity contribution in [2.45, 2.75) is 50.9 Å². The van der Waals surface area contributed by atoms with E-state index >= 15 is 0 Å². The van der Waals surface area contributed by atoms with E-state index in [9.17, 15) is 0 Å². The lowest BCUT2D eigenvalue weighted by Gasteiger charge is -2.24. The van der Waals surface area contributed by atoms with E-state index in [0.717, 1.165) is 25.3 Å². The van der Waals surface area contributed by atoms with Gasteiger partial charge in [-0.2, -0.15) is 0 Å². The highest BCUT2D eigenvalue weighted by Crippen LogP contribution is 2.33. The standard InChI is InChI=1S/C17H27NO/c1-18(13-5-6-14-19)17-11-9-16(10-12-17)15-7-3-2-4-8-15/h9-12,15,19H,2-8,13-14H2,1H3. The van der Waals surface area contributed by atoms with Crippen molar-refractivity contribution in [1.29, 1.82) is 0 Å². The molecule has 0 aromatic heterocycles. The van der Waals surface area contributed by atoms with E-state index in [4.69, 9.17) is 5.11 Å². The van der Waals surface area contributed by atoms with Gasteiger partial charge in [-0.25, -0.2) is 0 Å². The number of hydrogen-bond acceptors (Lipinski definition) is 2. The van der Waals surface area contributed by atoms with E-state index in [2.05, 4.69) is 36.2 Å². The van der Waals surface area contributed by atoms with Gasteiger partial charge in [-0.15, -0.1) is 0 Å². The van der Waals surface area contributed by atoms with Crippen molar-refractivity contribution in [3.05, 3.63) is 29.8 Å². The summed E-state index contributed by atoms with van der Waals surface area (Å²) >= 11 is 0. The fourth-order valence-corrected chi connectivity index (χ4v) is 3.03. The Labute approximate surface area is 117 Å². The van der Waals surface area contributed by atoms with Gasteiger partial charge < -0.3 is 10.0 Å². The SMILES string of the molecule is CN(CCCCO)c1ccc(C2CCCCC2)cc1. The predicted octanol–water partition coefficient (Wildman–Crippen LogP) is 3.94. The van der Waals surface area contributed by atoms with Crippen molar-refractivity contribution in [3.63, 3.8) is 0 Å². The van der Waals surface area contributed by atoms with Gasteiger partial charge in [0.25, 0.3) is 0 Å². The Morgan fingerprint density at radius 3 is 2.37 bits per heavy atom. The Morgan fingerprint density at radius 2 is 1.74 bits per heavy atom. The van der Waals surface area contributed by atoms with Crippen LogP contribution in [0.4, 0.5) is 5.69 Å². The molecular formula is C17H27NO. The molecular weight excluding hydrogens is 234 g/mol. The van der Waals surface area contributed by atoms with Gasteiger partial charge in [0.15, 0.2) is 0 Å². The van der Waals surface area contributed by atoms with Crippen molar-refractivity contribution in [2.75, 3.05) is 25.1 Å². The monoisotopic (exact) mass is 261 g/mol. The molecule has 0 amide bonds. The zero-order valence-electron chi connectivity index (χ0n) is 12.1. The average molecular weight is 261 g/mol. The maximum Gasteiger partial charge on any atom is 0.0431 e. The third kappa shape index (κ3) is 4.24. The normalized spacial score (nSPS) is 16.5. The lowest BCUT2D eigenvalue weighted by molar-refractivity contribution is 0.285. The highest BCUT2D eigenvalue weighted by Gasteiger charge is 2.15. The van der Waals surface area contributed by atoms with E-state index in [1.807, 2.05) is 0 Å². The fraction of sp³-hybridized carbons (Fsp3) is 0.647. The minimum absolute atomic E-state index is 0.300. The van der Waals surface area contributed by atoms with Crippen LogP contribution in [0, 0.1) is 0 Å². The third-order valence-corrected chi connectivity index (χ3v) is 4.31. The quantitative estimate of drug-likeness (QED) is 0.784. The summed E-state index contributed by atoms with van der Waals surface area (Å²) in [6, 6.07) is 9.13. The molecule has 0 bridgehead atoms. The largest absolute Gasteiger partial charge is 0.396 e. The molecule has 1 fully saturated rings. The summed E-state index contributed by atoms with van der Waals surface area (Å²) < 4.78 is 0. The molecule has 0 spiro atoms. The first kappa shape index (κ1) is 14.4. The van der Waals surface area contributed by atoms with E-state index in [-0.39, 0.29) is 0 Å². The minimum atomic E-state index is 0.300. The van der Waals surface area contributed by atoms with E-state index < -0.39 is 0 Å². The summed E-state index contributed by atoms with van der Waals surface area (Å²) in [5, 5.41) is 8.81. The fourth-order valence-electron chi connectivity index (χ4n) is 3.03. The molecule has 2 heteroatoms. The minimum Gasteiger partial charge on any atom is -0.396 e. The average Bonchev–Trinajstić information content (AvgIpc) is 2.48. The lowest BCUT2D eigenvalue weighted by Crippen LogP contribution is -2.18. The van der Waals surface area contributed by atoms with Gasteiger partial charge in [-0.3, -0.25) is 0 Å². The molecule has 2 rings (SSSR count). The predicted molar refractivity (Wildman–Crippen MR) is 81.9 cm³/mol. The Bertz CT molecular complexity index is 354. The van der Waals surface area contributed by atoms with Crippen LogP contribution in [0.15, 0.2) is 24.3 Å². The Morgan fingerprint density at radius 1 is 1.05 bits per heavy atom. The number of rotatable bonds is 6. The first-order valence-electron chi connectivity index (χ1n) is 7.73. The second kappa shape index (κ2) is 7.54. The zero-order chi connectivity index (χ0) is 13.5. The first-order chi connectivity index (χ1) is 9.31. The van der Waals surface area contributed by atoms with Gasteiger partial charge in [-0.05, 0) is 49.3 Å². The summed E-state index contributed by atoms with van der Waals surface area (Å²) in [4.78, 5) is 2.28. The molecule has 1 aliphatic carbocycles. The van der Waals surface area contributed by atoms with Crippen LogP contribution in [0.25, 0.3) is 0 Å². The van der Waals surface area contributed by atoms with Crippen LogP contribution in [-0.2, 0) is 0 Å². The van der Waals surface area contributed by atoms with Gasteiger partial charge >= 0.3 is 0 Å². The van der Waals surface area contributed by atoms with Crippen molar-refractivity contribution in [1.82, 2.24) is 0 Å². The summed E-state index contributed by atoms with van der Waals surface area (Å²) in [6.45, 7) is 1.32. The highest BCUT2D eigenvalue weighted by molar-refractivity contribution is 5.47. The zero-order valence-corrected chi connectivity index (χ0v) is 12.1. The van der Waals surface area contributed by atoms with Crippen molar-refractivity contribution in [2.24, 2.45) is 0 Å². The molecule has 106 valence electrons. The molecule has 1 aliphatic rings. The van der Waals surface area contributed by atoms with E-state index in [0.29, 0.717) is 6.61 Å². The van der Waals surface area contributed by atoms with Crippen LogP contribution in [-0.4, -0.2) is 25.3 Å². The number of hydrogen-bond donors (Lipinski definition) is 1. The molecule has 1 saturated carbocycles. The van der Waals surface area contributed by atoms with Gasteiger partial charge in [0, 0.05) is 25.9 Å². The Hall–Kier alpha value is -1.02. The topological polar surface area (TPSA) is 23.5 Å². The third-order valence-electron chi connectivity index (χ3n) is 4.31. The summed E-state index contributed by atoms with van der Waals surface area (Å²) in [7, 11) is 2.13. The van der Waals surface area contributed by atoms with Crippen LogP contribution in [0.2, 0.25) is 0 Å². The number of unbranched alkanes of at least 4 members (excludes halogenated alkanes) is 1. The molecule has 19 heavy (non-hydrogen) atoms. The number of aliphatic hydroxyl groups excluding tert-OH is 1. The van der Waals surface area contributed by atoms with Crippen LogP contribution in [0.1, 0.15) is 56.4 Å². The highest BCUT2D eigenvalue weighted by atomic mass is 16.2. The summed E-state index contributed by atoms with van der Waals surface area (Å²) in [5.74, 6) is 0.794. The van der Waals surface area contributed by atoms with Gasteiger partial charge in [0.1, 0.15) is 0 Å². The van der Waals surface area contributed by atoms with E-state index in [1.54, 1.807) is 0 Å². The van der Waals surface area contributed by atoms with Gasteiger partial charge in [0.2, 0.25) is 0 Å². The lowest BCUT2D eigenvalue weighted by atomic mass is 9.84.